The first kappa shape index (κ1) is 17.5. The summed E-state index contributed by atoms with van der Waals surface area (Å²) in [7, 11) is 0. The molecule has 1 aromatic carbocycles. The maximum absolute atomic E-state index is 5.98. The highest BCUT2D eigenvalue weighted by Crippen LogP contribution is 2.21. The second-order valence-electron chi connectivity index (χ2n) is 7.03. The molecule has 0 amide bonds. The molecule has 7 heteroatoms. The molecule has 0 aliphatic rings. The summed E-state index contributed by atoms with van der Waals surface area (Å²) in [5.41, 5.74) is 0.604. The zero-order chi connectivity index (χ0) is 18.0. The van der Waals surface area contributed by atoms with Crippen LogP contribution in [0.4, 0.5) is 5.82 Å². The van der Waals surface area contributed by atoms with E-state index < -0.39 is 0 Å². The molecular weight excluding hydrogens is 338 g/mol. The van der Waals surface area contributed by atoms with E-state index in [0.29, 0.717) is 11.6 Å². The number of nitrogens with one attached hydrogen (secondary N) is 1. The van der Waals surface area contributed by atoms with Gasteiger partial charge in [0.05, 0.1) is 6.54 Å². The van der Waals surface area contributed by atoms with Crippen molar-refractivity contribution in [3.63, 3.8) is 0 Å². The zero-order valence-electron chi connectivity index (χ0n) is 14.8. The third-order valence-corrected chi connectivity index (χ3v) is 3.87. The number of hydrogen-bond donors (Lipinski definition) is 1. The molecule has 0 spiro atoms. The maximum atomic E-state index is 5.98. The van der Waals surface area contributed by atoms with E-state index in [2.05, 4.69) is 41.4 Å². The predicted molar refractivity (Wildman–Crippen MR) is 99.5 cm³/mol. The van der Waals surface area contributed by atoms with E-state index in [-0.39, 0.29) is 11.5 Å². The van der Waals surface area contributed by atoms with Gasteiger partial charge in [-0.15, -0.1) is 15.3 Å². The lowest BCUT2D eigenvalue weighted by Gasteiger charge is -2.17. The zero-order valence-corrected chi connectivity index (χ0v) is 15.6. The van der Waals surface area contributed by atoms with Crippen LogP contribution in [0, 0.1) is 0 Å². The van der Waals surface area contributed by atoms with E-state index in [4.69, 9.17) is 16.3 Å². The van der Waals surface area contributed by atoms with Crippen molar-refractivity contribution in [2.24, 2.45) is 0 Å². The normalized spacial score (nSPS) is 13.0. The Morgan fingerprint density at radius 2 is 2.00 bits per heavy atom. The highest BCUT2D eigenvalue weighted by molar-refractivity contribution is 6.30. The average Bonchev–Trinajstić information content (AvgIpc) is 2.96. The van der Waals surface area contributed by atoms with Gasteiger partial charge in [-0.05, 0) is 37.3 Å². The average molecular weight is 360 g/mol. The van der Waals surface area contributed by atoms with Crippen LogP contribution in [0.5, 0.6) is 5.75 Å². The highest BCUT2D eigenvalue weighted by Gasteiger charge is 2.21. The summed E-state index contributed by atoms with van der Waals surface area (Å²) in [5, 5.41) is 17.0. The molecule has 0 radical (unpaired) electrons. The SMILES string of the molecule is CC(CNc1ccc2nnc(C(C)(C)C)n2n1)Oc1cccc(Cl)c1. The highest BCUT2D eigenvalue weighted by atomic mass is 35.5. The van der Waals surface area contributed by atoms with Crippen molar-refractivity contribution in [1.82, 2.24) is 19.8 Å². The molecule has 0 aliphatic heterocycles. The minimum Gasteiger partial charge on any atom is -0.489 e. The largest absolute Gasteiger partial charge is 0.489 e. The van der Waals surface area contributed by atoms with E-state index in [1.807, 2.05) is 37.3 Å². The molecule has 3 aromatic rings. The number of hydrogen-bond acceptors (Lipinski definition) is 5. The van der Waals surface area contributed by atoms with Crippen molar-refractivity contribution in [3.8, 4) is 5.75 Å². The van der Waals surface area contributed by atoms with Crippen molar-refractivity contribution >= 4 is 23.1 Å². The Balaban J connectivity index is 1.68. The van der Waals surface area contributed by atoms with Gasteiger partial charge in [0.15, 0.2) is 11.5 Å². The van der Waals surface area contributed by atoms with Gasteiger partial charge >= 0.3 is 0 Å². The molecule has 1 N–H and O–H groups in total. The van der Waals surface area contributed by atoms with E-state index in [1.165, 1.54) is 0 Å². The topological polar surface area (TPSA) is 64.3 Å². The second-order valence-corrected chi connectivity index (χ2v) is 7.47. The Kier molecular flexibility index (Phi) is 4.81. The van der Waals surface area contributed by atoms with Crippen molar-refractivity contribution < 1.29 is 4.74 Å². The van der Waals surface area contributed by atoms with Gasteiger partial charge in [-0.1, -0.05) is 38.4 Å². The Morgan fingerprint density at radius 1 is 1.20 bits per heavy atom. The standard InChI is InChI=1S/C18H22ClN5O/c1-12(25-14-7-5-6-13(19)10-14)11-20-15-8-9-16-21-22-17(18(2,3)4)24(16)23-15/h5-10,12H,11H2,1-4H3,(H,20,23). The number of halogens is 1. The molecule has 2 heterocycles. The molecular formula is C18H22ClN5O. The smallest absolute Gasteiger partial charge is 0.178 e. The lowest BCUT2D eigenvalue weighted by Crippen LogP contribution is -2.23. The molecule has 0 saturated carbocycles. The van der Waals surface area contributed by atoms with Gasteiger partial charge in [0.25, 0.3) is 0 Å². The van der Waals surface area contributed by atoms with Gasteiger partial charge in [0.2, 0.25) is 0 Å². The molecule has 0 bridgehead atoms. The molecule has 3 rings (SSSR count). The van der Waals surface area contributed by atoms with Gasteiger partial charge < -0.3 is 10.1 Å². The minimum absolute atomic E-state index is 0.0426. The Hall–Kier alpha value is -2.34. The van der Waals surface area contributed by atoms with Crippen molar-refractivity contribution in [1.29, 1.82) is 0 Å². The van der Waals surface area contributed by atoms with Crippen molar-refractivity contribution in [2.45, 2.75) is 39.2 Å². The summed E-state index contributed by atoms with van der Waals surface area (Å²) in [4.78, 5) is 0. The lowest BCUT2D eigenvalue weighted by molar-refractivity contribution is 0.234. The number of fused-ring (bicyclic) bond motifs is 1. The summed E-state index contributed by atoms with van der Waals surface area (Å²) >= 11 is 5.98. The number of benzene rings is 1. The van der Waals surface area contributed by atoms with Gasteiger partial charge in [-0.3, -0.25) is 0 Å². The van der Waals surface area contributed by atoms with Gasteiger partial charge in [-0.2, -0.15) is 4.52 Å². The maximum Gasteiger partial charge on any atom is 0.178 e. The molecule has 6 nitrogen and oxygen atoms in total. The lowest BCUT2D eigenvalue weighted by atomic mass is 9.96. The first-order valence-electron chi connectivity index (χ1n) is 8.22. The van der Waals surface area contributed by atoms with Gasteiger partial charge in [-0.25, -0.2) is 0 Å². The summed E-state index contributed by atoms with van der Waals surface area (Å²) in [6, 6.07) is 11.2. The summed E-state index contributed by atoms with van der Waals surface area (Å²) in [6.45, 7) is 8.87. The fourth-order valence-corrected chi connectivity index (χ4v) is 2.59. The number of nitrogens with zero attached hydrogens (tertiary/aromatic N) is 4. The summed E-state index contributed by atoms with van der Waals surface area (Å²) in [6.07, 6.45) is -0.0426. The minimum atomic E-state index is -0.131. The second kappa shape index (κ2) is 6.88. The number of anilines is 1. The third-order valence-electron chi connectivity index (χ3n) is 3.64. The molecule has 0 fully saturated rings. The van der Waals surface area contributed by atoms with Crippen LogP contribution in [0.1, 0.15) is 33.5 Å². The number of ether oxygens (including phenoxy) is 1. The fraction of sp³-hybridized carbons (Fsp3) is 0.389. The van der Waals surface area contributed by atoms with Crippen LogP contribution in [0.2, 0.25) is 5.02 Å². The predicted octanol–water partition coefficient (Wildman–Crippen LogP) is 3.95. The van der Waals surface area contributed by atoms with E-state index in [0.717, 1.165) is 23.0 Å². The Bertz CT molecular complexity index is 871. The van der Waals surface area contributed by atoms with Crippen LogP contribution in [-0.4, -0.2) is 32.5 Å². The van der Waals surface area contributed by atoms with E-state index >= 15 is 0 Å². The Morgan fingerprint density at radius 3 is 2.72 bits per heavy atom. The van der Waals surface area contributed by atoms with Crippen LogP contribution < -0.4 is 10.1 Å². The molecule has 1 unspecified atom stereocenters. The molecule has 25 heavy (non-hydrogen) atoms. The van der Waals surface area contributed by atoms with Crippen LogP contribution in [0.3, 0.4) is 0 Å². The van der Waals surface area contributed by atoms with E-state index in [1.54, 1.807) is 10.6 Å². The molecule has 0 aliphatic carbocycles. The summed E-state index contributed by atoms with van der Waals surface area (Å²) in [5.74, 6) is 2.33. The quantitative estimate of drug-likeness (QED) is 0.747. The van der Waals surface area contributed by atoms with Crippen LogP contribution in [0.15, 0.2) is 36.4 Å². The monoisotopic (exact) mass is 359 g/mol. The van der Waals surface area contributed by atoms with Crippen LogP contribution in [-0.2, 0) is 5.41 Å². The van der Waals surface area contributed by atoms with Gasteiger partial charge in [0.1, 0.15) is 17.7 Å². The van der Waals surface area contributed by atoms with Crippen LogP contribution in [0.25, 0.3) is 5.65 Å². The molecule has 1 atom stereocenters. The first-order valence-corrected chi connectivity index (χ1v) is 8.60. The van der Waals surface area contributed by atoms with Gasteiger partial charge in [0, 0.05) is 10.4 Å². The summed E-state index contributed by atoms with van der Waals surface area (Å²) < 4.78 is 7.64. The van der Waals surface area contributed by atoms with Crippen molar-refractivity contribution in [2.75, 3.05) is 11.9 Å². The third kappa shape index (κ3) is 4.20. The number of aromatic nitrogens is 4. The molecule has 0 saturated heterocycles. The first-order chi connectivity index (χ1) is 11.8. The van der Waals surface area contributed by atoms with Crippen molar-refractivity contribution in [3.05, 3.63) is 47.2 Å². The Labute approximate surface area is 152 Å². The fourth-order valence-electron chi connectivity index (χ4n) is 2.41. The molecule has 132 valence electrons. The molecule has 2 aromatic heterocycles. The number of rotatable bonds is 5. The van der Waals surface area contributed by atoms with E-state index in [9.17, 15) is 0 Å². The van der Waals surface area contributed by atoms with Crippen LogP contribution >= 0.6 is 11.6 Å².